The van der Waals surface area contributed by atoms with Gasteiger partial charge in [0.05, 0.1) is 0 Å². The van der Waals surface area contributed by atoms with Crippen molar-refractivity contribution in [3.8, 4) is 5.75 Å². The van der Waals surface area contributed by atoms with Crippen LogP contribution >= 0.6 is 0 Å². The van der Waals surface area contributed by atoms with Crippen molar-refractivity contribution < 1.29 is 5.11 Å². The summed E-state index contributed by atoms with van der Waals surface area (Å²) in [5.41, 5.74) is 3.21. The molecule has 2 aromatic rings. The Labute approximate surface area is 114 Å². The van der Waals surface area contributed by atoms with E-state index in [0.29, 0.717) is 5.75 Å². The molecule has 0 atom stereocenters. The molecule has 0 fully saturated rings. The third-order valence-electron chi connectivity index (χ3n) is 2.86. The Morgan fingerprint density at radius 2 is 1.63 bits per heavy atom. The van der Waals surface area contributed by atoms with Crippen LogP contribution in [0, 0.1) is 0 Å². The molecule has 0 spiro atoms. The van der Waals surface area contributed by atoms with Crippen molar-refractivity contribution in [3.63, 3.8) is 0 Å². The van der Waals surface area contributed by atoms with Crippen LogP contribution in [0.25, 0.3) is 12.2 Å². The smallest absolute Gasteiger partial charge is 0.120 e. The number of nitrogens with zero attached hydrogens (tertiary/aromatic N) is 1. The molecule has 98 valence electrons. The third-order valence-corrected chi connectivity index (χ3v) is 2.86. The van der Waals surface area contributed by atoms with Crippen molar-refractivity contribution in [3.05, 3.63) is 65.2 Å². The first-order valence-corrected chi connectivity index (χ1v) is 6.35. The number of hydrogen-bond donors (Lipinski definition) is 1. The highest BCUT2D eigenvalue weighted by molar-refractivity contribution is 5.70. The summed E-state index contributed by atoms with van der Waals surface area (Å²) in [6, 6.07) is 15.9. The first kappa shape index (κ1) is 13.4. The molecule has 0 bridgehead atoms. The van der Waals surface area contributed by atoms with Gasteiger partial charge in [-0.1, -0.05) is 48.6 Å². The second-order valence-corrected chi connectivity index (χ2v) is 4.87. The summed E-state index contributed by atoms with van der Waals surface area (Å²) in [5, 5.41) is 9.82. The molecular formula is C17H19NO. The minimum Gasteiger partial charge on any atom is -0.508 e. The first-order valence-electron chi connectivity index (χ1n) is 6.35. The summed E-state index contributed by atoms with van der Waals surface area (Å²) in [5.74, 6) is 0.352. The molecule has 0 amide bonds. The zero-order chi connectivity index (χ0) is 13.7. The van der Waals surface area contributed by atoms with Crippen LogP contribution in [0.1, 0.15) is 16.7 Å². The Kier molecular flexibility index (Phi) is 4.37. The van der Waals surface area contributed by atoms with E-state index in [-0.39, 0.29) is 0 Å². The molecule has 2 nitrogen and oxygen atoms in total. The average Bonchev–Trinajstić information content (AvgIpc) is 2.40. The first-order chi connectivity index (χ1) is 9.15. The van der Waals surface area contributed by atoms with Gasteiger partial charge < -0.3 is 10.0 Å². The fraction of sp³-hybridized carbons (Fsp3) is 0.176. The number of rotatable bonds is 4. The summed E-state index contributed by atoms with van der Waals surface area (Å²) in [6.45, 7) is 0.735. The van der Waals surface area contributed by atoms with Crippen molar-refractivity contribution in [1.29, 1.82) is 0 Å². The topological polar surface area (TPSA) is 23.5 Å². The van der Waals surface area contributed by atoms with Crippen LogP contribution in [0.4, 0.5) is 0 Å². The lowest BCUT2D eigenvalue weighted by Gasteiger charge is -2.11. The maximum atomic E-state index is 9.82. The van der Waals surface area contributed by atoms with Gasteiger partial charge in [0.25, 0.3) is 0 Å². The summed E-state index contributed by atoms with van der Waals surface area (Å²) >= 11 is 0. The maximum absolute atomic E-state index is 9.82. The molecule has 1 N–H and O–H groups in total. The molecule has 2 aromatic carbocycles. The second kappa shape index (κ2) is 6.21. The molecule has 0 heterocycles. The summed E-state index contributed by atoms with van der Waals surface area (Å²) in [6.07, 6.45) is 4.14. The van der Waals surface area contributed by atoms with E-state index in [9.17, 15) is 5.11 Å². The molecule has 0 saturated carbocycles. The van der Waals surface area contributed by atoms with Gasteiger partial charge in [-0.25, -0.2) is 0 Å². The van der Waals surface area contributed by atoms with Crippen LogP contribution < -0.4 is 0 Å². The van der Waals surface area contributed by atoms with Crippen molar-refractivity contribution in [2.24, 2.45) is 0 Å². The van der Waals surface area contributed by atoms with Gasteiger partial charge in [-0.05, 0) is 37.4 Å². The fourth-order valence-corrected chi connectivity index (χ4v) is 1.93. The number of aromatic hydroxyl groups is 1. The number of phenolic OH excluding ortho intramolecular Hbond substituents is 1. The lowest BCUT2D eigenvalue weighted by atomic mass is 10.1. The maximum Gasteiger partial charge on any atom is 0.120 e. The zero-order valence-corrected chi connectivity index (χ0v) is 11.4. The van der Waals surface area contributed by atoms with E-state index in [1.54, 1.807) is 6.07 Å². The van der Waals surface area contributed by atoms with Crippen molar-refractivity contribution >= 4 is 12.2 Å². The lowest BCUT2D eigenvalue weighted by Crippen LogP contribution is -2.10. The SMILES string of the molecule is CN(C)Cc1cc(/C=C/c2ccccc2)ccc1O. The lowest BCUT2D eigenvalue weighted by molar-refractivity contribution is 0.386. The van der Waals surface area contributed by atoms with Gasteiger partial charge in [-0.2, -0.15) is 0 Å². The highest BCUT2D eigenvalue weighted by atomic mass is 16.3. The van der Waals surface area contributed by atoms with E-state index in [1.807, 2.05) is 49.3 Å². The molecular weight excluding hydrogens is 234 g/mol. The number of hydrogen-bond acceptors (Lipinski definition) is 2. The highest BCUT2D eigenvalue weighted by Gasteiger charge is 2.02. The van der Waals surface area contributed by atoms with Gasteiger partial charge in [0.2, 0.25) is 0 Å². The van der Waals surface area contributed by atoms with Crippen LogP contribution in [0.3, 0.4) is 0 Å². The van der Waals surface area contributed by atoms with Crippen LogP contribution in [-0.2, 0) is 6.54 Å². The van der Waals surface area contributed by atoms with E-state index >= 15 is 0 Å². The van der Waals surface area contributed by atoms with Gasteiger partial charge in [0.15, 0.2) is 0 Å². The van der Waals surface area contributed by atoms with Crippen LogP contribution in [0.15, 0.2) is 48.5 Å². The Hall–Kier alpha value is -2.06. The average molecular weight is 253 g/mol. The van der Waals surface area contributed by atoms with Crippen molar-refractivity contribution in [2.75, 3.05) is 14.1 Å². The molecule has 0 unspecified atom stereocenters. The Morgan fingerprint density at radius 1 is 0.947 bits per heavy atom. The standard InChI is InChI=1S/C17H19NO/c1-18(2)13-16-12-15(10-11-17(16)19)9-8-14-6-4-3-5-7-14/h3-12,19H,13H2,1-2H3/b9-8+. The van der Waals surface area contributed by atoms with Crippen molar-refractivity contribution in [1.82, 2.24) is 4.90 Å². The molecule has 0 aromatic heterocycles. The second-order valence-electron chi connectivity index (χ2n) is 4.87. The number of benzene rings is 2. The quantitative estimate of drug-likeness (QED) is 0.841. The Bertz CT molecular complexity index is 559. The largest absolute Gasteiger partial charge is 0.508 e. The zero-order valence-electron chi connectivity index (χ0n) is 11.4. The van der Waals surface area contributed by atoms with E-state index < -0.39 is 0 Å². The van der Waals surface area contributed by atoms with E-state index in [4.69, 9.17) is 0 Å². The minimum atomic E-state index is 0.352. The Balaban J connectivity index is 2.19. The molecule has 2 rings (SSSR count). The van der Waals surface area contributed by atoms with Gasteiger partial charge in [-0.3, -0.25) is 0 Å². The normalized spacial score (nSPS) is 11.3. The summed E-state index contributed by atoms with van der Waals surface area (Å²) in [7, 11) is 3.98. The molecule has 2 heteroatoms. The van der Waals surface area contributed by atoms with Crippen LogP contribution in [0.5, 0.6) is 5.75 Å². The fourth-order valence-electron chi connectivity index (χ4n) is 1.93. The van der Waals surface area contributed by atoms with Gasteiger partial charge >= 0.3 is 0 Å². The predicted octanol–water partition coefficient (Wildman–Crippen LogP) is 3.62. The van der Waals surface area contributed by atoms with E-state index in [2.05, 4.69) is 24.3 Å². The molecule has 0 aliphatic heterocycles. The van der Waals surface area contributed by atoms with E-state index in [1.165, 1.54) is 5.56 Å². The molecule has 0 radical (unpaired) electrons. The van der Waals surface area contributed by atoms with E-state index in [0.717, 1.165) is 17.7 Å². The molecule has 19 heavy (non-hydrogen) atoms. The molecule has 0 saturated heterocycles. The summed E-state index contributed by atoms with van der Waals surface area (Å²) in [4.78, 5) is 2.04. The predicted molar refractivity (Wildman–Crippen MR) is 80.9 cm³/mol. The van der Waals surface area contributed by atoms with Crippen molar-refractivity contribution in [2.45, 2.75) is 6.54 Å². The Morgan fingerprint density at radius 3 is 2.32 bits per heavy atom. The van der Waals surface area contributed by atoms with Gasteiger partial charge in [0, 0.05) is 12.1 Å². The summed E-state index contributed by atoms with van der Waals surface area (Å²) < 4.78 is 0. The minimum absolute atomic E-state index is 0.352. The molecule has 0 aliphatic rings. The monoisotopic (exact) mass is 253 g/mol. The van der Waals surface area contributed by atoms with Gasteiger partial charge in [-0.15, -0.1) is 0 Å². The number of phenols is 1. The van der Waals surface area contributed by atoms with Crippen LogP contribution in [-0.4, -0.2) is 24.1 Å². The highest BCUT2D eigenvalue weighted by Crippen LogP contribution is 2.21. The van der Waals surface area contributed by atoms with Crippen LogP contribution in [0.2, 0.25) is 0 Å². The van der Waals surface area contributed by atoms with Gasteiger partial charge in [0.1, 0.15) is 5.75 Å². The third kappa shape index (κ3) is 3.97. The molecule has 0 aliphatic carbocycles.